The number of benzene rings is 1. The summed E-state index contributed by atoms with van der Waals surface area (Å²) >= 11 is 1.40. The smallest absolute Gasteiger partial charge is 0.411 e. The van der Waals surface area contributed by atoms with Gasteiger partial charge < -0.3 is 20.5 Å². The van der Waals surface area contributed by atoms with Crippen LogP contribution in [-0.2, 0) is 20.7 Å². The molecule has 2 unspecified atom stereocenters. The van der Waals surface area contributed by atoms with Crippen molar-refractivity contribution in [3.05, 3.63) is 59.9 Å². The third-order valence-electron chi connectivity index (χ3n) is 4.88. The third kappa shape index (κ3) is 6.45. The molecular formula is C22H24N4O6S. The van der Waals surface area contributed by atoms with Crippen LogP contribution in [0.4, 0.5) is 10.5 Å². The van der Waals surface area contributed by atoms with Crippen LogP contribution in [0.1, 0.15) is 22.8 Å². The number of nitrogens with zero attached hydrogens (tertiary/aromatic N) is 2. The monoisotopic (exact) mass is 472 g/mol. The Labute approximate surface area is 194 Å². The van der Waals surface area contributed by atoms with Crippen molar-refractivity contribution in [3.8, 4) is 0 Å². The molecule has 2 aromatic rings. The van der Waals surface area contributed by atoms with Gasteiger partial charge >= 0.3 is 12.1 Å². The van der Waals surface area contributed by atoms with Gasteiger partial charge in [0, 0.05) is 30.3 Å². The summed E-state index contributed by atoms with van der Waals surface area (Å²) in [5.74, 6) is -1.37. The molecule has 33 heavy (non-hydrogen) atoms. The standard InChI is InChI=1S/C22H24N4O6S/c1-2-32-22(31)26-13-33-12-18(26)20(28)25-17(21(29)30)10-14-5-7-16(8-6-14)24-19(27)15-4-3-9-23-11-15/h3-9,11,17-18H,2,10,12-13H2,1H3,(H,24,27)(H,25,28)(H,29,30). The third-order valence-corrected chi connectivity index (χ3v) is 5.89. The molecular weight excluding hydrogens is 448 g/mol. The highest BCUT2D eigenvalue weighted by molar-refractivity contribution is 7.99. The maximum Gasteiger partial charge on any atom is 0.411 e. The Kier molecular flexibility index (Phi) is 8.25. The Hall–Kier alpha value is -3.60. The number of aromatic nitrogens is 1. The first-order chi connectivity index (χ1) is 15.9. The molecule has 0 saturated carbocycles. The van der Waals surface area contributed by atoms with Crippen LogP contribution in [0.2, 0.25) is 0 Å². The van der Waals surface area contributed by atoms with Gasteiger partial charge in [0.25, 0.3) is 5.91 Å². The van der Waals surface area contributed by atoms with Gasteiger partial charge in [-0.15, -0.1) is 11.8 Å². The molecule has 1 fully saturated rings. The number of aliphatic carboxylic acids is 1. The van der Waals surface area contributed by atoms with E-state index in [1.807, 2.05) is 0 Å². The van der Waals surface area contributed by atoms with Crippen molar-refractivity contribution in [3.63, 3.8) is 0 Å². The number of carbonyl (C=O) groups excluding carboxylic acids is 3. The van der Waals surface area contributed by atoms with Crippen molar-refractivity contribution in [2.75, 3.05) is 23.6 Å². The number of thioether (sulfide) groups is 1. The summed E-state index contributed by atoms with van der Waals surface area (Å²) in [6.45, 7) is 1.86. The van der Waals surface area contributed by atoms with Crippen molar-refractivity contribution in [1.29, 1.82) is 0 Å². The van der Waals surface area contributed by atoms with E-state index in [0.717, 1.165) is 0 Å². The topological polar surface area (TPSA) is 138 Å². The minimum atomic E-state index is -1.19. The summed E-state index contributed by atoms with van der Waals surface area (Å²) in [4.78, 5) is 53.9. The predicted molar refractivity (Wildman–Crippen MR) is 122 cm³/mol. The van der Waals surface area contributed by atoms with Gasteiger partial charge in [0.05, 0.1) is 18.0 Å². The van der Waals surface area contributed by atoms with E-state index in [-0.39, 0.29) is 18.9 Å². The lowest BCUT2D eigenvalue weighted by Gasteiger charge is -2.24. The highest BCUT2D eigenvalue weighted by atomic mass is 32.2. The number of pyridine rings is 1. The van der Waals surface area contributed by atoms with Gasteiger partial charge in [0.1, 0.15) is 12.1 Å². The van der Waals surface area contributed by atoms with E-state index in [4.69, 9.17) is 4.74 Å². The minimum Gasteiger partial charge on any atom is -0.480 e. The predicted octanol–water partition coefficient (Wildman–Crippen LogP) is 1.98. The Balaban J connectivity index is 1.60. The summed E-state index contributed by atoms with van der Waals surface area (Å²) in [6.07, 6.45) is 2.47. The normalized spacial score (nSPS) is 16.0. The van der Waals surface area contributed by atoms with Gasteiger partial charge in [-0.3, -0.25) is 19.5 Å². The summed E-state index contributed by atoms with van der Waals surface area (Å²) < 4.78 is 4.97. The maximum absolute atomic E-state index is 12.7. The molecule has 11 heteroatoms. The number of rotatable bonds is 8. The zero-order valence-corrected chi connectivity index (χ0v) is 18.7. The van der Waals surface area contributed by atoms with Crippen molar-refractivity contribution in [2.45, 2.75) is 25.4 Å². The summed E-state index contributed by atoms with van der Waals surface area (Å²) in [5, 5.41) is 14.9. The van der Waals surface area contributed by atoms with E-state index < -0.39 is 30.1 Å². The molecule has 1 aromatic carbocycles. The molecule has 3 rings (SSSR count). The maximum atomic E-state index is 12.7. The van der Waals surface area contributed by atoms with Gasteiger partial charge in [-0.25, -0.2) is 9.59 Å². The first kappa shape index (κ1) is 24.1. The lowest BCUT2D eigenvalue weighted by Crippen LogP contribution is -2.52. The fraction of sp³-hybridized carbons (Fsp3) is 0.318. The van der Waals surface area contributed by atoms with Crippen LogP contribution in [0.25, 0.3) is 0 Å². The van der Waals surface area contributed by atoms with Crippen molar-refractivity contribution >= 4 is 41.3 Å². The van der Waals surface area contributed by atoms with Crippen LogP contribution in [-0.4, -0.2) is 69.2 Å². The molecule has 10 nitrogen and oxygen atoms in total. The Morgan fingerprint density at radius 2 is 2.00 bits per heavy atom. The number of ether oxygens (including phenoxy) is 1. The van der Waals surface area contributed by atoms with Crippen molar-refractivity contribution < 1.29 is 29.0 Å². The van der Waals surface area contributed by atoms with E-state index in [9.17, 15) is 24.3 Å². The molecule has 0 bridgehead atoms. The second kappa shape index (κ2) is 11.3. The van der Waals surface area contributed by atoms with Crippen LogP contribution < -0.4 is 10.6 Å². The molecule has 0 spiro atoms. The average molecular weight is 473 g/mol. The van der Waals surface area contributed by atoms with Crippen LogP contribution >= 0.6 is 11.8 Å². The molecule has 174 valence electrons. The SMILES string of the molecule is CCOC(=O)N1CSCC1C(=O)NC(Cc1ccc(NC(=O)c2cccnc2)cc1)C(=O)O. The molecule has 1 aromatic heterocycles. The largest absolute Gasteiger partial charge is 0.480 e. The van der Waals surface area contributed by atoms with Crippen molar-refractivity contribution in [2.24, 2.45) is 0 Å². The summed E-state index contributed by atoms with van der Waals surface area (Å²) in [5.41, 5.74) is 1.61. The molecule has 0 radical (unpaired) electrons. The molecule has 2 atom stereocenters. The van der Waals surface area contributed by atoms with E-state index in [1.165, 1.54) is 22.9 Å². The number of carbonyl (C=O) groups is 4. The van der Waals surface area contributed by atoms with E-state index in [0.29, 0.717) is 28.4 Å². The van der Waals surface area contributed by atoms with Crippen LogP contribution in [0.5, 0.6) is 0 Å². The number of hydrogen-bond donors (Lipinski definition) is 3. The number of hydrogen-bond acceptors (Lipinski definition) is 7. The average Bonchev–Trinajstić information content (AvgIpc) is 3.31. The highest BCUT2D eigenvalue weighted by Gasteiger charge is 2.37. The van der Waals surface area contributed by atoms with E-state index >= 15 is 0 Å². The van der Waals surface area contributed by atoms with Gasteiger partial charge in [-0.1, -0.05) is 12.1 Å². The van der Waals surface area contributed by atoms with Gasteiger partial charge in [-0.05, 0) is 36.8 Å². The lowest BCUT2D eigenvalue weighted by atomic mass is 10.0. The summed E-state index contributed by atoms with van der Waals surface area (Å²) in [7, 11) is 0. The Morgan fingerprint density at radius 3 is 2.64 bits per heavy atom. The van der Waals surface area contributed by atoms with Gasteiger partial charge in [-0.2, -0.15) is 0 Å². The first-order valence-corrected chi connectivity index (χ1v) is 11.4. The molecule has 3 N–H and O–H groups in total. The van der Waals surface area contributed by atoms with E-state index in [2.05, 4.69) is 15.6 Å². The van der Waals surface area contributed by atoms with Gasteiger partial charge in [0.15, 0.2) is 0 Å². The van der Waals surface area contributed by atoms with Crippen LogP contribution in [0, 0.1) is 0 Å². The Morgan fingerprint density at radius 1 is 1.24 bits per heavy atom. The highest BCUT2D eigenvalue weighted by Crippen LogP contribution is 2.22. The second-order valence-electron chi connectivity index (χ2n) is 7.18. The zero-order valence-electron chi connectivity index (χ0n) is 17.9. The van der Waals surface area contributed by atoms with Crippen LogP contribution in [0.3, 0.4) is 0 Å². The van der Waals surface area contributed by atoms with Crippen molar-refractivity contribution in [1.82, 2.24) is 15.2 Å². The first-order valence-electron chi connectivity index (χ1n) is 10.2. The van der Waals surface area contributed by atoms with E-state index in [1.54, 1.807) is 49.5 Å². The molecule has 1 aliphatic rings. The molecule has 3 amide bonds. The summed E-state index contributed by atoms with van der Waals surface area (Å²) in [6, 6.07) is 8.00. The number of anilines is 1. The number of carboxylic acid groups (broad SMARTS) is 1. The fourth-order valence-corrected chi connectivity index (χ4v) is 4.32. The molecule has 2 heterocycles. The second-order valence-corrected chi connectivity index (χ2v) is 8.18. The Bertz CT molecular complexity index is 1000. The molecule has 0 aliphatic carbocycles. The van der Waals surface area contributed by atoms with Crippen LogP contribution in [0.15, 0.2) is 48.8 Å². The van der Waals surface area contributed by atoms with Gasteiger partial charge in [0.2, 0.25) is 5.91 Å². The molecule has 1 aliphatic heterocycles. The molecule has 1 saturated heterocycles. The zero-order chi connectivity index (χ0) is 23.8. The minimum absolute atomic E-state index is 0.0389. The lowest BCUT2D eigenvalue weighted by molar-refractivity contribution is -0.142. The number of carboxylic acids is 1. The fourth-order valence-electron chi connectivity index (χ4n) is 3.17. The number of amides is 3. The number of nitrogens with one attached hydrogen (secondary N) is 2. The quantitative estimate of drug-likeness (QED) is 0.530.